The van der Waals surface area contributed by atoms with Crippen molar-refractivity contribution in [2.45, 2.75) is 6.92 Å². The molecule has 4 nitrogen and oxygen atoms in total. The summed E-state index contributed by atoms with van der Waals surface area (Å²) in [4.78, 5) is 16.1. The molecule has 1 amide bonds. The Hall–Kier alpha value is -2.54. The predicted molar refractivity (Wildman–Crippen MR) is 78.9 cm³/mol. The van der Waals surface area contributed by atoms with Gasteiger partial charge in [0.15, 0.2) is 22.5 Å². The Labute approximate surface area is 128 Å². The van der Waals surface area contributed by atoms with Crippen LogP contribution in [0.5, 0.6) is 0 Å². The first-order valence-corrected chi connectivity index (χ1v) is 7.19. The normalized spacial score (nSPS) is 10.7. The highest BCUT2D eigenvalue weighted by atomic mass is 32.1. The van der Waals surface area contributed by atoms with E-state index in [4.69, 9.17) is 4.42 Å². The van der Waals surface area contributed by atoms with Crippen molar-refractivity contribution < 1.29 is 18.0 Å². The molecule has 0 aliphatic carbocycles. The molecule has 0 aliphatic rings. The third kappa shape index (κ3) is 2.89. The van der Waals surface area contributed by atoms with Crippen LogP contribution in [0, 0.1) is 18.6 Å². The Bertz CT molecular complexity index is 842. The number of aromatic nitrogens is 1. The van der Waals surface area contributed by atoms with Gasteiger partial charge in [-0.1, -0.05) is 0 Å². The summed E-state index contributed by atoms with van der Waals surface area (Å²) in [6.07, 6.45) is 0. The fourth-order valence-corrected chi connectivity index (χ4v) is 2.55. The molecule has 1 aromatic carbocycles. The van der Waals surface area contributed by atoms with Crippen LogP contribution in [0.1, 0.15) is 16.3 Å². The van der Waals surface area contributed by atoms with Gasteiger partial charge in [0.1, 0.15) is 5.76 Å². The average molecular weight is 320 g/mol. The summed E-state index contributed by atoms with van der Waals surface area (Å²) in [7, 11) is 0. The molecule has 22 heavy (non-hydrogen) atoms. The molecular weight excluding hydrogens is 310 g/mol. The third-order valence-electron chi connectivity index (χ3n) is 2.90. The summed E-state index contributed by atoms with van der Waals surface area (Å²) in [5, 5.41) is 4.59. The maximum absolute atomic E-state index is 13.2. The van der Waals surface area contributed by atoms with Crippen LogP contribution in [0.25, 0.3) is 11.3 Å². The lowest BCUT2D eigenvalue weighted by atomic mass is 10.2. The molecule has 1 N–H and O–H groups in total. The number of carbonyl (C=O) groups is 1. The average Bonchev–Trinajstić information content (AvgIpc) is 3.11. The number of thiazole rings is 1. The third-order valence-corrected chi connectivity index (χ3v) is 3.66. The van der Waals surface area contributed by atoms with Gasteiger partial charge in [-0.3, -0.25) is 10.1 Å². The number of halogens is 2. The molecule has 0 fully saturated rings. The number of anilines is 1. The Kier molecular flexibility index (Phi) is 3.72. The second-order valence-electron chi connectivity index (χ2n) is 4.53. The lowest BCUT2D eigenvalue weighted by Crippen LogP contribution is -2.10. The number of benzene rings is 1. The molecule has 0 bridgehead atoms. The summed E-state index contributed by atoms with van der Waals surface area (Å²) < 4.78 is 31.4. The second kappa shape index (κ2) is 5.69. The van der Waals surface area contributed by atoms with Gasteiger partial charge in [0.2, 0.25) is 0 Å². The van der Waals surface area contributed by atoms with Crippen molar-refractivity contribution in [2.75, 3.05) is 5.32 Å². The van der Waals surface area contributed by atoms with Crippen molar-refractivity contribution >= 4 is 22.4 Å². The van der Waals surface area contributed by atoms with E-state index in [9.17, 15) is 13.6 Å². The van der Waals surface area contributed by atoms with Gasteiger partial charge in [0.05, 0.1) is 5.69 Å². The number of rotatable bonds is 3. The summed E-state index contributed by atoms with van der Waals surface area (Å²) in [6, 6.07) is 6.77. The first-order valence-electron chi connectivity index (χ1n) is 6.31. The number of nitrogens with one attached hydrogen (secondary N) is 1. The van der Waals surface area contributed by atoms with Crippen molar-refractivity contribution in [1.29, 1.82) is 0 Å². The first kappa shape index (κ1) is 14.4. The molecule has 0 spiro atoms. The molecule has 0 atom stereocenters. The van der Waals surface area contributed by atoms with E-state index in [1.807, 2.05) is 0 Å². The zero-order chi connectivity index (χ0) is 15.7. The number of aryl methyl sites for hydroxylation is 1. The molecular formula is C15H10F2N2O2S. The molecule has 0 saturated carbocycles. The Morgan fingerprint density at radius 1 is 1.23 bits per heavy atom. The van der Waals surface area contributed by atoms with Crippen LogP contribution in [0.15, 0.2) is 40.1 Å². The molecule has 0 aliphatic heterocycles. The van der Waals surface area contributed by atoms with E-state index in [1.165, 1.54) is 17.4 Å². The van der Waals surface area contributed by atoms with Gasteiger partial charge in [0, 0.05) is 10.9 Å². The fraction of sp³-hybridized carbons (Fsp3) is 0.0667. The molecule has 112 valence electrons. The molecule has 0 saturated heterocycles. The van der Waals surface area contributed by atoms with Crippen LogP contribution in [0.2, 0.25) is 0 Å². The molecule has 2 aromatic heterocycles. The van der Waals surface area contributed by atoms with E-state index in [1.54, 1.807) is 24.4 Å². The lowest BCUT2D eigenvalue weighted by Gasteiger charge is -1.99. The topological polar surface area (TPSA) is 55.1 Å². The van der Waals surface area contributed by atoms with Crippen LogP contribution >= 0.6 is 11.3 Å². The molecule has 2 heterocycles. The molecule has 3 rings (SSSR count). The number of furan rings is 1. The van der Waals surface area contributed by atoms with E-state index in [-0.39, 0.29) is 5.76 Å². The van der Waals surface area contributed by atoms with Crippen LogP contribution in [0.3, 0.4) is 0 Å². The van der Waals surface area contributed by atoms with E-state index in [0.29, 0.717) is 22.1 Å². The molecule has 7 heteroatoms. The van der Waals surface area contributed by atoms with Gasteiger partial charge in [-0.15, -0.1) is 11.3 Å². The van der Waals surface area contributed by atoms with Gasteiger partial charge in [0.25, 0.3) is 5.91 Å². The minimum atomic E-state index is -0.942. The lowest BCUT2D eigenvalue weighted by molar-refractivity contribution is 0.0995. The first-order chi connectivity index (χ1) is 10.5. The zero-order valence-electron chi connectivity index (χ0n) is 11.4. The highest BCUT2D eigenvalue weighted by Gasteiger charge is 2.13. The van der Waals surface area contributed by atoms with E-state index in [0.717, 1.165) is 12.1 Å². The van der Waals surface area contributed by atoms with Crippen LogP contribution in [0.4, 0.5) is 13.9 Å². The maximum atomic E-state index is 13.2. The van der Waals surface area contributed by atoms with Crippen molar-refractivity contribution in [2.24, 2.45) is 0 Å². The minimum Gasteiger partial charge on any atom is -0.456 e. The molecule has 0 radical (unpaired) electrons. The minimum absolute atomic E-state index is 0.182. The van der Waals surface area contributed by atoms with Crippen LogP contribution in [-0.2, 0) is 0 Å². The quantitative estimate of drug-likeness (QED) is 0.785. The zero-order valence-corrected chi connectivity index (χ0v) is 12.2. The summed E-state index contributed by atoms with van der Waals surface area (Å²) in [6.45, 7) is 1.74. The Morgan fingerprint density at radius 3 is 2.73 bits per heavy atom. The number of hydrogen-bond acceptors (Lipinski definition) is 4. The van der Waals surface area contributed by atoms with Gasteiger partial charge in [-0.25, -0.2) is 13.8 Å². The fourth-order valence-electron chi connectivity index (χ4n) is 1.83. The van der Waals surface area contributed by atoms with Crippen molar-refractivity contribution in [3.63, 3.8) is 0 Å². The van der Waals surface area contributed by atoms with E-state index < -0.39 is 17.5 Å². The summed E-state index contributed by atoms with van der Waals surface area (Å²) in [5.74, 6) is -1.46. The predicted octanol–water partition coefficient (Wildman–Crippen LogP) is 4.24. The standard InChI is InChI=1S/C15H10F2N2O2S/c1-8-2-5-13(21-8)14(20)19-15-18-12(7-22-15)9-3-4-10(16)11(17)6-9/h2-7H,1H3,(H,18,19,20). The van der Waals surface area contributed by atoms with Crippen molar-refractivity contribution in [1.82, 2.24) is 4.98 Å². The maximum Gasteiger partial charge on any atom is 0.293 e. The van der Waals surface area contributed by atoms with Gasteiger partial charge >= 0.3 is 0 Å². The van der Waals surface area contributed by atoms with Crippen molar-refractivity contribution in [3.05, 3.63) is 58.9 Å². The molecule has 0 unspecified atom stereocenters. The van der Waals surface area contributed by atoms with E-state index in [2.05, 4.69) is 10.3 Å². The van der Waals surface area contributed by atoms with Gasteiger partial charge in [-0.05, 0) is 37.3 Å². The smallest absolute Gasteiger partial charge is 0.293 e. The van der Waals surface area contributed by atoms with Crippen LogP contribution < -0.4 is 5.32 Å². The largest absolute Gasteiger partial charge is 0.456 e. The highest BCUT2D eigenvalue weighted by molar-refractivity contribution is 7.14. The summed E-state index contributed by atoms with van der Waals surface area (Å²) in [5.41, 5.74) is 0.888. The summed E-state index contributed by atoms with van der Waals surface area (Å²) >= 11 is 1.18. The highest BCUT2D eigenvalue weighted by Crippen LogP contribution is 2.26. The monoisotopic (exact) mass is 320 g/mol. The van der Waals surface area contributed by atoms with Gasteiger partial charge in [-0.2, -0.15) is 0 Å². The second-order valence-corrected chi connectivity index (χ2v) is 5.39. The van der Waals surface area contributed by atoms with E-state index >= 15 is 0 Å². The molecule has 3 aromatic rings. The Morgan fingerprint density at radius 2 is 2.05 bits per heavy atom. The Balaban J connectivity index is 1.78. The number of carbonyl (C=O) groups excluding carboxylic acids is 1. The van der Waals surface area contributed by atoms with Gasteiger partial charge < -0.3 is 4.42 Å². The number of amides is 1. The van der Waals surface area contributed by atoms with Crippen molar-refractivity contribution in [3.8, 4) is 11.3 Å². The van der Waals surface area contributed by atoms with Crippen LogP contribution in [-0.4, -0.2) is 10.9 Å². The SMILES string of the molecule is Cc1ccc(C(=O)Nc2nc(-c3ccc(F)c(F)c3)cs2)o1. The number of hydrogen-bond donors (Lipinski definition) is 1. The number of nitrogens with zero attached hydrogens (tertiary/aromatic N) is 1.